The summed E-state index contributed by atoms with van der Waals surface area (Å²) in [5.74, 6) is 0.669. The Morgan fingerprint density at radius 3 is 2.64 bits per heavy atom. The van der Waals surface area contributed by atoms with E-state index in [0.717, 1.165) is 24.7 Å². The second kappa shape index (κ2) is 3.04. The Morgan fingerprint density at radius 1 is 1.43 bits per heavy atom. The Bertz CT molecular complexity index is 312. The van der Waals surface area contributed by atoms with Crippen LogP contribution < -0.4 is 0 Å². The van der Waals surface area contributed by atoms with Gasteiger partial charge in [-0.3, -0.25) is 4.79 Å². The molecule has 14 heavy (non-hydrogen) atoms. The van der Waals surface area contributed by atoms with Gasteiger partial charge in [0, 0.05) is 12.3 Å². The first kappa shape index (κ1) is 9.63. The van der Waals surface area contributed by atoms with E-state index in [-0.39, 0.29) is 17.1 Å². The molecule has 0 aromatic rings. The minimum absolute atomic E-state index is 0.0522. The highest BCUT2D eigenvalue weighted by atomic mass is 16.1. The summed E-state index contributed by atoms with van der Waals surface area (Å²) in [6.07, 6.45) is 5.64. The molecule has 2 aliphatic rings. The summed E-state index contributed by atoms with van der Waals surface area (Å²) in [4.78, 5) is 22.7. The largest absolute Gasteiger partial charge is 0.303 e. The van der Waals surface area contributed by atoms with Crippen molar-refractivity contribution < 1.29 is 9.59 Å². The molecule has 0 heterocycles. The minimum atomic E-state index is -0.388. The van der Waals surface area contributed by atoms with Crippen LogP contribution in [0.25, 0.3) is 0 Å². The fourth-order valence-corrected chi connectivity index (χ4v) is 3.10. The SMILES string of the molecule is CC(C)=C[C@]12C(=O)C[C@H]1CC[C@H]2C=O. The highest BCUT2D eigenvalue weighted by molar-refractivity contribution is 5.96. The molecule has 2 rings (SSSR count). The number of fused-ring (bicyclic) bond motifs is 1. The molecule has 2 nitrogen and oxygen atoms in total. The number of carbonyl (C=O) groups excluding carboxylic acids is 2. The van der Waals surface area contributed by atoms with E-state index in [4.69, 9.17) is 0 Å². The quantitative estimate of drug-likeness (QED) is 0.496. The lowest BCUT2D eigenvalue weighted by atomic mass is 9.57. The molecule has 0 aliphatic heterocycles. The summed E-state index contributed by atoms with van der Waals surface area (Å²) in [5.41, 5.74) is 0.762. The normalized spacial score (nSPS) is 40.0. The van der Waals surface area contributed by atoms with Crippen molar-refractivity contribution in [3.05, 3.63) is 11.6 Å². The predicted octanol–water partition coefficient (Wildman–Crippen LogP) is 2.14. The van der Waals surface area contributed by atoms with E-state index < -0.39 is 0 Å². The van der Waals surface area contributed by atoms with E-state index in [9.17, 15) is 9.59 Å². The van der Waals surface area contributed by atoms with Crippen LogP contribution in [0.3, 0.4) is 0 Å². The van der Waals surface area contributed by atoms with Crippen LogP contribution in [0.1, 0.15) is 33.1 Å². The van der Waals surface area contributed by atoms with Gasteiger partial charge in [-0.2, -0.15) is 0 Å². The molecule has 2 fully saturated rings. The molecular formula is C12H16O2. The fourth-order valence-electron chi connectivity index (χ4n) is 3.10. The molecule has 2 aliphatic carbocycles. The maximum atomic E-state index is 11.7. The lowest BCUT2D eigenvalue weighted by Crippen LogP contribution is -2.49. The predicted molar refractivity (Wildman–Crippen MR) is 53.8 cm³/mol. The fraction of sp³-hybridized carbons (Fsp3) is 0.667. The number of carbonyl (C=O) groups is 2. The first-order valence-electron chi connectivity index (χ1n) is 5.26. The third-order valence-electron chi connectivity index (χ3n) is 3.72. The van der Waals surface area contributed by atoms with Crippen molar-refractivity contribution in [2.24, 2.45) is 17.3 Å². The molecule has 3 atom stereocenters. The molecule has 0 spiro atoms. The van der Waals surface area contributed by atoms with Crippen LogP contribution in [0.4, 0.5) is 0 Å². The molecule has 0 aromatic heterocycles. The van der Waals surface area contributed by atoms with Gasteiger partial charge in [-0.05, 0) is 32.6 Å². The highest BCUT2D eigenvalue weighted by Crippen LogP contribution is 2.58. The first-order chi connectivity index (χ1) is 6.61. The molecule has 0 saturated heterocycles. The zero-order valence-corrected chi connectivity index (χ0v) is 8.75. The average Bonchev–Trinajstić information content (AvgIpc) is 2.39. The van der Waals surface area contributed by atoms with Crippen molar-refractivity contribution in [3.63, 3.8) is 0 Å². The highest BCUT2D eigenvalue weighted by Gasteiger charge is 2.60. The van der Waals surface area contributed by atoms with Gasteiger partial charge in [0.05, 0.1) is 5.41 Å². The Kier molecular flexibility index (Phi) is 2.09. The van der Waals surface area contributed by atoms with Crippen LogP contribution >= 0.6 is 0 Å². The van der Waals surface area contributed by atoms with E-state index in [1.54, 1.807) is 0 Å². The van der Waals surface area contributed by atoms with Crippen molar-refractivity contribution >= 4 is 12.1 Å². The van der Waals surface area contributed by atoms with Crippen LogP contribution in [0.15, 0.2) is 11.6 Å². The van der Waals surface area contributed by atoms with Crippen molar-refractivity contribution in [1.82, 2.24) is 0 Å². The minimum Gasteiger partial charge on any atom is -0.303 e. The number of hydrogen-bond acceptors (Lipinski definition) is 2. The van der Waals surface area contributed by atoms with Crippen molar-refractivity contribution in [1.29, 1.82) is 0 Å². The van der Waals surface area contributed by atoms with E-state index >= 15 is 0 Å². The van der Waals surface area contributed by atoms with Gasteiger partial charge in [0.2, 0.25) is 0 Å². The zero-order chi connectivity index (χ0) is 10.3. The Labute approximate surface area is 84.4 Å². The summed E-state index contributed by atoms with van der Waals surface area (Å²) in [6, 6.07) is 0. The molecule has 0 unspecified atom stereocenters. The molecule has 2 saturated carbocycles. The van der Waals surface area contributed by atoms with E-state index in [2.05, 4.69) is 0 Å². The van der Waals surface area contributed by atoms with Crippen LogP contribution in [0, 0.1) is 17.3 Å². The van der Waals surface area contributed by atoms with Crippen LogP contribution in [-0.4, -0.2) is 12.1 Å². The van der Waals surface area contributed by atoms with Crippen LogP contribution in [-0.2, 0) is 9.59 Å². The van der Waals surface area contributed by atoms with Gasteiger partial charge in [-0.25, -0.2) is 0 Å². The Hall–Kier alpha value is -0.920. The molecule has 2 heteroatoms. The molecule has 0 aromatic carbocycles. The monoisotopic (exact) mass is 192 g/mol. The third kappa shape index (κ3) is 1.03. The van der Waals surface area contributed by atoms with Gasteiger partial charge in [0.1, 0.15) is 12.1 Å². The topological polar surface area (TPSA) is 34.1 Å². The van der Waals surface area contributed by atoms with Gasteiger partial charge >= 0.3 is 0 Å². The standard InChI is InChI=1S/C12H16O2/c1-8(2)6-12-9(5-11(12)14)3-4-10(12)7-13/h6-7,9-10H,3-5H2,1-2H3/t9-,10+,12+/m1/s1. The van der Waals surface area contributed by atoms with Gasteiger partial charge < -0.3 is 4.79 Å². The second-order valence-electron chi connectivity index (χ2n) is 4.80. The summed E-state index contributed by atoms with van der Waals surface area (Å²) in [6.45, 7) is 4.00. The number of allylic oxidation sites excluding steroid dienone is 2. The van der Waals surface area contributed by atoms with Crippen molar-refractivity contribution in [3.8, 4) is 0 Å². The summed E-state index contributed by atoms with van der Waals surface area (Å²) < 4.78 is 0. The summed E-state index contributed by atoms with van der Waals surface area (Å²) in [7, 11) is 0. The van der Waals surface area contributed by atoms with E-state index in [0.29, 0.717) is 12.3 Å². The summed E-state index contributed by atoms with van der Waals surface area (Å²) >= 11 is 0. The Balaban J connectivity index is 2.39. The van der Waals surface area contributed by atoms with Crippen LogP contribution in [0.5, 0.6) is 0 Å². The lowest BCUT2D eigenvalue weighted by Gasteiger charge is -2.43. The number of ketones is 1. The van der Waals surface area contributed by atoms with Gasteiger partial charge in [-0.15, -0.1) is 0 Å². The molecule has 0 radical (unpaired) electrons. The summed E-state index contributed by atoms with van der Waals surface area (Å²) in [5, 5.41) is 0. The van der Waals surface area contributed by atoms with E-state index in [1.807, 2.05) is 19.9 Å². The molecule has 0 bridgehead atoms. The lowest BCUT2D eigenvalue weighted by molar-refractivity contribution is -0.144. The van der Waals surface area contributed by atoms with Gasteiger partial charge in [0.15, 0.2) is 0 Å². The van der Waals surface area contributed by atoms with Crippen molar-refractivity contribution in [2.45, 2.75) is 33.1 Å². The van der Waals surface area contributed by atoms with Gasteiger partial charge in [-0.1, -0.05) is 11.6 Å². The molecule has 0 amide bonds. The molecular weight excluding hydrogens is 176 g/mol. The number of Topliss-reactive ketones (excluding diaryl/α,β-unsaturated/α-hetero) is 1. The number of hydrogen-bond donors (Lipinski definition) is 0. The molecule has 76 valence electrons. The Morgan fingerprint density at radius 2 is 2.14 bits per heavy atom. The first-order valence-corrected chi connectivity index (χ1v) is 5.26. The van der Waals surface area contributed by atoms with Gasteiger partial charge in [0.25, 0.3) is 0 Å². The second-order valence-corrected chi connectivity index (χ2v) is 4.80. The van der Waals surface area contributed by atoms with Crippen LogP contribution in [0.2, 0.25) is 0 Å². The maximum absolute atomic E-state index is 11.7. The maximum Gasteiger partial charge on any atom is 0.144 e. The smallest absolute Gasteiger partial charge is 0.144 e. The third-order valence-corrected chi connectivity index (χ3v) is 3.72. The molecule has 0 N–H and O–H groups in total. The van der Waals surface area contributed by atoms with Crippen molar-refractivity contribution in [2.75, 3.05) is 0 Å². The number of rotatable bonds is 2. The number of aldehydes is 1. The van der Waals surface area contributed by atoms with E-state index in [1.165, 1.54) is 0 Å². The zero-order valence-electron chi connectivity index (χ0n) is 8.75. The average molecular weight is 192 g/mol.